The largest absolute Gasteiger partial charge is 0.497 e. The number of aromatic nitrogens is 1. The van der Waals surface area contributed by atoms with E-state index >= 15 is 0 Å². The van der Waals surface area contributed by atoms with E-state index in [1.807, 2.05) is 24.3 Å². The maximum absolute atomic E-state index is 12.3. The number of hydrogen-bond donors (Lipinski definition) is 1. The summed E-state index contributed by atoms with van der Waals surface area (Å²) in [5, 5.41) is 2.84. The second-order valence-corrected chi connectivity index (χ2v) is 5.57. The fraction of sp³-hybridized carbons (Fsp3) is 0.368. The van der Waals surface area contributed by atoms with Crippen LogP contribution in [0.2, 0.25) is 0 Å². The van der Waals surface area contributed by atoms with Crippen molar-refractivity contribution in [2.45, 2.75) is 26.7 Å². The Kier molecular flexibility index (Phi) is 6.61. The molecule has 0 atom stereocenters. The molecule has 0 spiro atoms. The molecule has 2 aromatic rings. The van der Waals surface area contributed by atoms with Crippen molar-refractivity contribution >= 4 is 17.3 Å². The third kappa shape index (κ3) is 4.72. The third-order valence-electron chi connectivity index (χ3n) is 3.66. The van der Waals surface area contributed by atoms with Gasteiger partial charge in [0.15, 0.2) is 0 Å². The summed E-state index contributed by atoms with van der Waals surface area (Å²) in [5.41, 5.74) is 2.13. The molecular weight excluding hydrogens is 302 g/mol. The maximum Gasteiger partial charge on any atom is 0.274 e. The normalized spacial score (nSPS) is 10.3. The number of ether oxygens (including phenoxy) is 1. The number of methoxy groups -OCH3 is 1. The lowest BCUT2D eigenvalue weighted by molar-refractivity contribution is 0.102. The van der Waals surface area contributed by atoms with Gasteiger partial charge in [-0.05, 0) is 37.1 Å². The summed E-state index contributed by atoms with van der Waals surface area (Å²) in [6.07, 6.45) is 3.93. The van der Waals surface area contributed by atoms with E-state index in [-0.39, 0.29) is 5.91 Å². The van der Waals surface area contributed by atoms with Crippen LogP contribution in [0.25, 0.3) is 0 Å². The summed E-state index contributed by atoms with van der Waals surface area (Å²) < 4.78 is 5.16. The zero-order valence-corrected chi connectivity index (χ0v) is 14.6. The molecule has 0 aliphatic rings. The van der Waals surface area contributed by atoms with Crippen molar-refractivity contribution in [3.8, 4) is 5.75 Å². The van der Waals surface area contributed by atoms with E-state index in [0.29, 0.717) is 17.1 Å². The Morgan fingerprint density at radius 2 is 1.92 bits per heavy atom. The molecule has 0 fully saturated rings. The lowest BCUT2D eigenvalue weighted by atomic mass is 10.2. The highest BCUT2D eigenvalue weighted by molar-refractivity contribution is 6.03. The highest BCUT2D eigenvalue weighted by Gasteiger charge is 2.10. The summed E-state index contributed by atoms with van der Waals surface area (Å²) in [5.74, 6) is 0.471. The van der Waals surface area contributed by atoms with Crippen molar-refractivity contribution in [2.75, 3.05) is 30.4 Å². The van der Waals surface area contributed by atoms with Gasteiger partial charge in [-0.2, -0.15) is 0 Å². The molecule has 1 aromatic carbocycles. The summed E-state index contributed by atoms with van der Waals surface area (Å²) in [6.45, 7) is 6.30. The Bertz CT molecular complexity index is 650. The van der Waals surface area contributed by atoms with Gasteiger partial charge in [-0.25, -0.2) is 4.98 Å². The van der Waals surface area contributed by atoms with Gasteiger partial charge < -0.3 is 15.0 Å². The first kappa shape index (κ1) is 17.8. The van der Waals surface area contributed by atoms with Crippen LogP contribution in [0.3, 0.4) is 0 Å². The zero-order valence-electron chi connectivity index (χ0n) is 14.6. The summed E-state index contributed by atoms with van der Waals surface area (Å²) >= 11 is 0. The minimum Gasteiger partial charge on any atom is -0.497 e. The van der Waals surface area contributed by atoms with Gasteiger partial charge in [0.25, 0.3) is 5.91 Å². The van der Waals surface area contributed by atoms with Crippen LogP contribution in [0.15, 0.2) is 42.6 Å². The van der Waals surface area contributed by atoms with Crippen LogP contribution in [0.1, 0.15) is 37.2 Å². The zero-order chi connectivity index (χ0) is 17.4. The molecule has 128 valence electrons. The highest BCUT2D eigenvalue weighted by atomic mass is 16.5. The lowest BCUT2D eigenvalue weighted by Gasteiger charge is -2.23. The number of carbonyl (C=O) groups excluding carboxylic acids is 1. The predicted octanol–water partition coefficient (Wildman–Crippen LogP) is 3.97. The highest BCUT2D eigenvalue weighted by Crippen LogP contribution is 2.18. The first-order chi connectivity index (χ1) is 11.7. The van der Waals surface area contributed by atoms with Crippen LogP contribution >= 0.6 is 0 Å². The van der Waals surface area contributed by atoms with Gasteiger partial charge in [0.1, 0.15) is 11.4 Å². The molecule has 5 heteroatoms. The molecule has 2 rings (SSSR count). The molecule has 5 nitrogen and oxygen atoms in total. The van der Waals surface area contributed by atoms with E-state index in [9.17, 15) is 4.79 Å². The number of benzene rings is 1. The van der Waals surface area contributed by atoms with Crippen LogP contribution in [0, 0.1) is 0 Å². The van der Waals surface area contributed by atoms with Gasteiger partial charge in [0, 0.05) is 24.8 Å². The van der Waals surface area contributed by atoms with Crippen molar-refractivity contribution in [1.29, 1.82) is 0 Å². The topological polar surface area (TPSA) is 54.5 Å². The Morgan fingerprint density at radius 3 is 2.50 bits per heavy atom. The molecular formula is C19H25N3O2. The van der Waals surface area contributed by atoms with Crippen molar-refractivity contribution < 1.29 is 9.53 Å². The molecule has 24 heavy (non-hydrogen) atoms. The fourth-order valence-corrected chi connectivity index (χ4v) is 2.51. The van der Waals surface area contributed by atoms with E-state index in [1.54, 1.807) is 25.4 Å². The van der Waals surface area contributed by atoms with Crippen molar-refractivity contribution in [3.63, 3.8) is 0 Å². The fourth-order valence-electron chi connectivity index (χ4n) is 2.51. The average Bonchev–Trinajstić information content (AvgIpc) is 2.62. The summed E-state index contributed by atoms with van der Waals surface area (Å²) in [4.78, 5) is 18.9. The predicted molar refractivity (Wildman–Crippen MR) is 98.0 cm³/mol. The molecule has 0 radical (unpaired) electrons. The number of rotatable bonds is 8. The maximum atomic E-state index is 12.3. The molecule has 0 aliphatic heterocycles. The number of nitrogens with one attached hydrogen (secondary N) is 1. The van der Waals surface area contributed by atoms with Gasteiger partial charge in [0.05, 0.1) is 19.0 Å². The Morgan fingerprint density at radius 1 is 1.17 bits per heavy atom. The van der Waals surface area contributed by atoms with Crippen LogP contribution in [0.4, 0.5) is 11.4 Å². The molecule has 1 amide bonds. The van der Waals surface area contributed by atoms with Crippen LogP contribution in [-0.4, -0.2) is 31.1 Å². The number of pyridine rings is 1. The molecule has 0 aliphatic carbocycles. The minimum absolute atomic E-state index is 0.229. The Hall–Kier alpha value is -2.56. The van der Waals surface area contributed by atoms with Crippen LogP contribution in [-0.2, 0) is 0 Å². The first-order valence-electron chi connectivity index (χ1n) is 8.34. The van der Waals surface area contributed by atoms with E-state index in [0.717, 1.165) is 31.6 Å². The lowest BCUT2D eigenvalue weighted by Crippen LogP contribution is -2.25. The number of carbonyl (C=O) groups is 1. The van der Waals surface area contributed by atoms with Crippen LogP contribution < -0.4 is 15.0 Å². The first-order valence-corrected chi connectivity index (χ1v) is 8.34. The number of anilines is 2. The smallest absolute Gasteiger partial charge is 0.274 e. The molecule has 0 saturated heterocycles. The SMILES string of the molecule is CCCN(CCC)c1ccc(C(=O)Nc2cccc(OC)c2)nc1. The number of hydrogen-bond acceptors (Lipinski definition) is 4. The molecule has 0 bridgehead atoms. The van der Waals surface area contributed by atoms with Gasteiger partial charge >= 0.3 is 0 Å². The third-order valence-corrected chi connectivity index (χ3v) is 3.66. The molecule has 1 heterocycles. The van der Waals surface area contributed by atoms with Gasteiger partial charge in [-0.15, -0.1) is 0 Å². The second kappa shape index (κ2) is 8.91. The molecule has 1 aromatic heterocycles. The van der Waals surface area contributed by atoms with E-state index in [1.165, 1.54) is 0 Å². The van der Waals surface area contributed by atoms with Crippen molar-refractivity contribution in [2.24, 2.45) is 0 Å². The van der Waals surface area contributed by atoms with Gasteiger partial charge in [-0.1, -0.05) is 19.9 Å². The quantitative estimate of drug-likeness (QED) is 0.797. The van der Waals surface area contributed by atoms with Crippen LogP contribution in [0.5, 0.6) is 5.75 Å². The van der Waals surface area contributed by atoms with Gasteiger partial charge in [-0.3, -0.25) is 4.79 Å². The van der Waals surface area contributed by atoms with Crippen molar-refractivity contribution in [3.05, 3.63) is 48.3 Å². The van der Waals surface area contributed by atoms with E-state index in [2.05, 4.69) is 29.0 Å². The average molecular weight is 327 g/mol. The monoisotopic (exact) mass is 327 g/mol. The molecule has 0 unspecified atom stereocenters. The van der Waals surface area contributed by atoms with Crippen molar-refractivity contribution in [1.82, 2.24) is 4.98 Å². The molecule has 1 N–H and O–H groups in total. The summed E-state index contributed by atoms with van der Waals surface area (Å²) in [6, 6.07) is 11.0. The number of amides is 1. The molecule has 0 saturated carbocycles. The summed E-state index contributed by atoms with van der Waals surface area (Å²) in [7, 11) is 1.60. The number of nitrogens with zero attached hydrogens (tertiary/aromatic N) is 2. The second-order valence-electron chi connectivity index (χ2n) is 5.57. The van der Waals surface area contributed by atoms with Gasteiger partial charge in [0.2, 0.25) is 0 Å². The minimum atomic E-state index is -0.229. The van der Waals surface area contributed by atoms with E-state index in [4.69, 9.17) is 4.74 Å². The Balaban J connectivity index is 2.07. The Labute approximate surface area is 143 Å². The standard InChI is InChI=1S/C19H25N3O2/c1-4-11-22(12-5-2)16-9-10-18(20-14-16)19(23)21-15-7-6-8-17(13-15)24-3/h6-10,13-14H,4-5,11-12H2,1-3H3,(H,21,23). The van der Waals surface area contributed by atoms with E-state index < -0.39 is 0 Å².